The Morgan fingerprint density at radius 1 is 1.23 bits per heavy atom. The number of nitrogens with one attached hydrogen (secondary N) is 3. The van der Waals surface area contributed by atoms with Crippen molar-refractivity contribution >= 4 is 35.4 Å². The van der Waals surface area contributed by atoms with Crippen LogP contribution in [0.15, 0.2) is 24.3 Å². The predicted octanol–water partition coefficient (Wildman–Crippen LogP) is 1.60. The lowest BCUT2D eigenvalue weighted by molar-refractivity contribution is -0.138. The predicted molar refractivity (Wildman–Crippen MR) is 95.2 cm³/mol. The highest BCUT2D eigenvalue weighted by molar-refractivity contribution is 6.30. The van der Waals surface area contributed by atoms with E-state index in [9.17, 15) is 19.2 Å². The third kappa shape index (κ3) is 4.51. The van der Waals surface area contributed by atoms with E-state index < -0.39 is 23.4 Å². The Kier molecular flexibility index (Phi) is 6.20. The van der Waals surface area contributed by atoms with E-state index in [2.05, 4.69) is 16.1 Å². The summed E-state index contributed by atoms with van der Waals surface area (Å²) in [6.07, 6.45) is 0.835. The highest BCUT2D eigenvalue weighted by Gasteiger charge is 2.47. The van der Waals surface area contributed by atoms with Gasteiger partial charge in [0, 0.05) is 23.6 Å². The fraction of sp³-hybridized carbons (Fsp3) is 0.412. The van der Waals surface area contributed by atoms with Crippen molar-refractivity contribution in [2.45, 2.75) is 38.6 Å². The van der Waals surface area contributed by atoms with Gasteiger partial charge in [-0.2, -0.15) is 5.01 Å². The second kappa shape index (κ2) is 8.18. The maximum atomic E-state index is 12.2. The number of hydrogen-bond donors (Lipinski definition) is 3. The SMILES string of the molecule is CCC1(C)NC(=O)N(NC(=O)CCCNC(=O)c2ccc(Cl)cc2)C1=O. The molecule has 3 N–H and O–H groups in total. The van der Waals surface area contributed by atoms with Crippen molar-refractivity contribution in [1.29, 1.82) is 0 Å². The number of nitrogens with zero attached hydrogens (tertiary/aromatic N) is 1. The minimum absolute atomic E-state index is 0.0563. The Balaban J connectivity index is 1.74. The Morgan fingerprint density at radius 2 is 1.88 bits per heavy atom. The minimum Gasteiger partial charge on any atom is -0.352 e. The number of benzene rings is 1. The Bertz CT molecular complexity index is 722. The van der Waals surface area contributed by atoms with Gasteiger partial charge in [0.25, 0.3) is 11.8 Å². The zero-order valence-corrected chi connectivity index (χ0v) is 15.4. The smallest absolute Gasteiger partial charge is 0.344 e. The van der Waals surface area contributed by atoms with Crippen molar-refractivity contribution in [2.75, 3.05) is 6.54 Å². The highest BCUT2D eigenvalue weighted by Crippen LogP contribution is 2.19. The number of halogens is 1. The van der Waals surface area contributed by atoms with Crippen LogP contribution >= 0.6 is 11.6 Å². The molecule has 0 spiro atoms. The van der Waals surface area contributed by atoms with E-state index in [1.54, 1.807) is 38.1 Å². The number of urea groups is 1. The zero-order chi connectivity index (χ0) is 19.3. The third-order valence-electron chi connectivity index (χ3n) is 4.18. The van der Waals surface area contributed by atoms with E-state index in [4.69, 9.17) is 11.6 Å². The summed E-state index contributed by atoms with van der Waals surface area (Å²) in [6, 6.07) is 5.79. The van der Waals surface area contributed by atoms with Crippen molar-refractivity contribution in [2.24, 2.45) is 0 Å². The first-order chi connectivity index (χ1) is 12.3. The van der Waals surface area contributed by atoms with Gasteiger partial charge in [-0.1, -0.05) is 18.5 Å². The van der Waals surface area contributed by atoms with Crippen LogP contribution in [0.2, 0.25) is 5.02 Å². The monoisotopic (exact) mass is 380 g/mol. The average Bonchev–Trinajstić information content (AvgIpc) is 2.83. The lowest BCUT2D eigenvalue weighted by atomic mass is 10.00. The summed E-state index contributed by atoms with van der Waals surface area (Å²) in [5.41, 5.74) is 1.77. The molecule has 140 valence electrons. The van der Waals surface area contributed by atoms with Gasteiger partial charge in [0.15, 0.2) is 0 Å². The molecule has 1 heterocycles. The van der Waals surface area contributed by atoms with E-state index in [0.717, 1.165) is 0 Å². The van der Waals surface area contributed by atoms with Gasteiger partial charge in [-0.15, -0.1) is 0 Å². The molecule has 1 saturated heterocycles. The number of carbonyl (C=O) groups is 4. The molecule has 1 fully saturated rings. The van der Waals surface area contributed by atoms with Crippen LogP contribution in [-0.2, 0) is 9.59 Å². The summed E-state index contributed by atoms with van der Waals surface area (Å²) >= 11 is 5.76. The number of amides is 5. The summed E-state index contributed by atoms with van der Waals surface area (Å²) in [6.45, 7) is 3.65. The summed E-state index contributed by atoms with van der Waals surface area (Å²) in [5.74, 6) is -1.24. The summed E-state index contributed by atoms with van der Waals surface area (Å²) < 4.78 is 0. The second-order valence-electron chi connectivity index (χ2n) is 6.16. The van der Waals surface area contributed by atoms with Crippen molar-refractivity contribution in [3.63, 3.8) is 0 Å². The van der Waals surface area contributed by atoms with Gasteiger partial charge in [-0.05, 0) is 44.0 Å². The molecule has 2 rings (SSSR count). The Labute approximate surface area is 156 Å². The van der Waals surface area contributed by atoms with E-state index in [1.807, 2.05) is 0 Å². The fourth-order valence-electron chi connectivity index (χ4n) is 2.36. The molecule has 1 unspecified atom stereocenters. The molecular weight excluding hydrogens is 360 g/mol. The van der Waals surface area contributed by atoms with Crippen molar-refractivity contribution in [3.8, 4) is 0 Å². The van der Waals surface area contributed by atoms with Gasteiger partial charge in [0.1, 0.15) is 5.54 Å². The fourth-order valence-corrected chi connectivity index (χ4v) is 2.49. The first kappa shape index (κ1) is 19.7. The zero-order valence-electron chi connectivity index (χ0n) is 14.6. The topological polar surface area (TPSA) is 108 Å². The third-order valence-corrected chi connectivity index (χ3v) is 4.43. The molecule has 1 atom stereocenters. The van der Waals surface area contributed by atoms with E-state index >= 15 is 0 Å². The first-order valence-electron chi connectivity index (χ1n) is 8.27. The minimum atomic E-state index is -1.00. The van der Waals surface area contributed by atoms with Crippen LogP contribution in [0, 0.1) is 0 Å². The van der Waals surface area contributed by atoms with Crippen molar-refractivity contribution in [1.82, 2.24) is 21.1 Å². The molecular formula is C17H21ClN4O4. The van der Waals surface area contributed by atoms with E-state index in [0.29, 0.717) is 28.4 Å². The van der Waals surface area contributed by atoms with Gasteiger partial charge in [0.2, 0.25) is 5.91 Å². The molecule has 5 amide bonds. The molecule has 1 aromatic carbocycles. The van der Waals surface area contributed by atoms with Crippen LogP contribution in [0.1, 0.15) is 43.5 Å². The molecule has 1 aliphatic heterocycles. The standard InChI is InChI=1S/C17H21ClN4O4/c1-3-17(2)15(25)22(16(26)20-17)21-13(23)5-4-10-19-14(24)11-6-8-12(18)9-7-11/h6-9H,3-5,10H2,1-2H3,(H,19,24)(H,20,26)(H,21,23). The lowest BCUT2D eigenvalue weighted by Crippen LogP contribution is -2.48. The van der Waals surface area contributed by atoms with Gasteiger partial charge < -0.3 is 10.6 Å². The van der Waals surface area contributed by atoms with E-state index in [1.165, 1.54) is 0 Å². The van der Waals surface area contributed by atoms with Crippen LogP contribution in [0.5, 0.6) is 0 Å². The Morgan fingerprint density at radius 3 is 2.46 bits per heavy atom. The largest absolute Gasteiger partial charge is 0.352 e. The molecule has 1 aromatic rings. The quantitative estimate of drug-likeness (QED) is 0.493. The molecule has 0 radical (unpaired) electrons. The molecule has 9 heteroatoms. The van der Waals surface area contributed by atoms with Crippen LogP contribution in [-0.4, -0.2) is 40.8 Å². The van der Waals surface area contributed by atoms with Gasteiger partial charge >= 0.3 is 6.03 Å². The highest BCUT2D eigenvalue weighted by atomic mass is 35.5. The number of rotatable bonds is 7. The molecule has 0 bridgehead atoms. The average molecular weight is 381 g/mol. The Hall–Kier alpha value is -2.61. The van der Waals surface area contributed by atoms with Gasteiger partial charge in [-0.25, -0.2) is 4.79 Å². The molecule has 0 saturated carbocycles. The number of hydrazine groups is 1. The van der Waals surface area contributed by atoms with Crippen LogP contribution < -0.4 is 16.1 Å². The maximum Gasteiger partial charge on any atom is 0.344 e. The van der Waals surface area contributed by atoms with Crippen LogP contribution in [0.25, 0.3) is 0 Å². The summed E-state index contributed by atoms with van der Waals surface area (Å²) in [7, 11) is 0. The number of hydrogen-bond acceptors (Lipinski definition) is 4. The summed E-state index contributed by atoms with van der Waals surface area (Å²) in [4.78, 5) is 47.8. The van der Waals surface area contributed by atoms with Crippen LogP contribution in [0.3, 0.4) is 0 Å². The normalized spacial score (nSPS) is 19.3. The lowest BCUT2D eigenvalue weighted by Gasteiger charge is -2.19. The molecule has 0 aliphatic carbocycles. The number of carbonyl (C=O) groups excluding carboxylic acids is 4. The van der Waals surface area contributed by atoms with E-state index in [-0.39, 0.29) is 18.9 Å². The molecule has 8 nitrogen and oxygen atoms in total. The first-order valence-corrected chi connectivity index (χ1v) is 8.64. The maximum absolute atomic E-state index is 12.2. The van der Waals surface area contributed by atoms with Crippen molar-refractivity contribution < 1.29 is 19.2 Å². The van der Waals surface area contributed by atoms with Crippen LogP contribution in [0.4, 0.5) is 4.79 Å². The van der Waals surface area contributed by atoms with Gasteiger partial charge in [0.05, 0.1) is 0 Å². The molecule has 0 aromatic heterocycles. The van der Waals surface area contributed by atoms with Gasteiger partial charge in [-0.3, -0.25) is 19.8 Å². The number of imide groups is 1. The summed E-state index contributed by atoms with van der Waals surface area (Å²) in [5, 5.41) is 6.48. The molecule has 1 aliphatic rings. The van der Waals surface area contributed by atoms with Crippen molar-refractivity contribution in [3.05, 3.63) is 34.9 Å². The second-order valence-corrected chi connectivity index (χ2v) is 6.59. The molecule has 26 heavy (non-hydrogen) atoms.